The first-order valence-corrected chi connectivity index (χ1v) is 16.6. The van der Waals surface area contributed by atoms with Crippen LogP contribution in [0.2, 0.25) is 0 Å². The number of anilines is 4. The van der Waals surface area contributed by atoms with Crippen LogP contribution in [-0.2, 0) is 14.8 Å². The monoisotopic (exact) mass is 667 g/mol. The second-order valence-corrected chi connectivity index (χ2v) is 13.3. The first kappa shape index (κ1) is 31.4. The van der Waals surface area contributed by atoms with Crippen LogP contribution in [0.3, 0.4) is 0 Å². The zero-order chi connectivity index (χ0) is 32.4. The Morgan fingerprint density at radius 3 is 2.37 bits per heavy atom. The molecule has 1 aliphatic rings. The number of rotatable bonds is 9. The Kier molecular flexibility index (Phi) is 8.88. The van der Waals surface area contributed by atoms with Crippen molar-refractivity contribution >= 4 is 44.5 Å². The summed E-state index contributed by atoms with van der Waals surface area (Å²) in [6.07, 6.45) is 3.24. The van der Waals surface area contributed by atoms with Gasteiger partial charge in [0.05, 0.1) is 52.1 Å². The van der Waals surface area contributed by atoms with E-state index in [2.05, 4.69) is 30.2 Å². The highest BCUT2D eigenvalue weighted by molar-refractivity contribution is 7.92. The first-order valence-electron chi connectivity index (χ1n) is 14.3. The zero-order valence-corrected chi connectivity index (χ0v) is 26.3. The van der Waals surface area contributed by atoms with Gasteiger partial charge in [-0.25, -0.2) is 41.5 Å². The summed E-state index contributed by atoms with van der Waals surface area (Å²) in [6, 6.07) is 12.1. The average Bonchev–Trinajstić information content (AvgIpc) is 3.49. The fraction of sp³-hybridized carbons (Fsp3) is 0.226. The van der Waals surface area contributed by atoms with Gasteiger partial charge in [0.2, 0.25) is 5.95 Å². The molecule has 0 spiro atoms. The molecule has 2 N–H and O–H groups in total. The fourth-order valence-corrected chi connectivity index (χ4v) is 7.03. The predicted molar refractivity (Wildman–Crippen MR) is 170 cm³/mol. The molecule has 1 aliphatic heterocycles. The summed E-state index contributed by atoms with van der Waals surface area (Å²) in [7, 11) is -4.81. The molecule has 0 saturated carbocycles. The van der Waals surface area contributed by atoms with Gasteiger partial charge in [0.25, 0.3) is 10.0 Å². The Labute approximate surface area is 267 Å². The molecule has 5 aromatic rings. The van der Waals surface area contributed by atoms with Crippen molar-refractivity contribution in [2.24, 2.45) is 0 Å². The van der Waals surface area contributed by atoms with Crippen molar-refractivity contribution in [3.05, 3.63) is 89.5 Å². The van der Waals surface area contributed by atoms with Crippen LogP contribution in [0.25, 0.3) is 21.8 Å². The van der Waals surface area contributed by atoms with Gasteiger partial charge in [-0.15, -0.1) is 11.3 Å². The van der Waals surface area contributed by atoms with Crippen molar-refractivity contribution in [2.75, 3.05) is 41.2 Å². The largest absolute Gasteiger partial charge is 0.378 e. The Balaban J connectivity index is 1.32. The molecule has 15 heteroatoms. The molecule has 0 amide bonds. The molecule has 0 atom stereocenters. The minimum atomic E-state index is -4.81. The molecule has 0 unspecified atom stereocenters. The minimum Gasteiger partial charge on any atom is -0.378 e. The lowest BCUT2D eigenvalue weighted by Crippen LogP contribution is -2.36. The highest BCUT2D eigenvalue weighted by Gasteiger charge is 2.27. The second kappa shape index (κ2) is 13.0. The van der Waals surface area contributed by atoms with Crippen molar-refractivity contribution in [3.8, 4) is 21.8 Å². The lowest BCUT2D eigenvalue weighted by molar-refractivity contribution is 0.122. The number of sulfonamides is 1. The third kappa shape index (κ3) is 6.52. The van der Waals surface area contributed by atoms with E-state index in [4.69, 9.17) is 4.74 Å². The summed E-state index contributed by atoms with van der Waals surface area (Å²) in [5, 5.41) is 3.84. The maximum atomic E-state index is 16.0. The van der Waals surface area contributed by atoms with Gasteiger partial charge in [-0.2, -0.15) is 0 Å². The maximum absolute atomic E-state index is 16.0. The molecule has 1 fully saturated rings. The third-order valence-corrected chi connectivity index (χ3v) is 9.85. The third-order valence-electron chi connectivity index (χ3n) is 7.05. The standard InChI is InChI=1S/C31H28F3N7O3S2/c1-18(2)30-39-27(20-5-3-8-23(26(20)34)40-46(42,43)29-21(32)6-4-7-22(29)33)28(45-30)24-11-12-35-31(38-24)37-19-9-10-25(36-17-19)41-13-15-44-16-14-41/h3-12,17-18,40H,13-16H2,1-2H3,(H,35,37,38). The number of thiazole rings is 1. The number of benzene rings is 2. The molecule has 6 rings (SSSR count). The van der Waals surface area contributed by atoms with E-state index in [1.807, 2.05) is 30.7 Å². The number of hydrogen-bond donors (Lipinski definition) is 2. The highest BCUT2D eigenvalue weighted by atomic mass is 32.2. The Hall–Kier alpha value is -4.60. The normalized spacial score (nSPS) is 13.7. The lowest BCUT2D eigenvalue weighted by atomic mass is 10.1. The van der Waals surface area contributed by atoms with E-state index in [9.17, 15) is 17.2 Å². The van der Waals surface area contributed by atoms with Crippen molar-refractivity contribution in [1.29, 1.82) is 0 Å². The Morgan fingerprint density at radius 1 is 0.935 bits per heavy atom. The molecule has 2 aromatic carbocycles. The summed E-state index contributed by atoms with van der Waals surface area (Å²) in [5.74, 6) is -2.47. The van der Waals surface area contributed by atoms with E-state index in [0.717, 1.165) is 43.2 Å². The van der Waals surface area contributed by atoms with Crippen LogP contribution < -0.4 is 14.9 Å². The summed E-state index contributed by atoms with van der Waals surface area (Å²) >= 11 is 1.32. The number of morpholine rings is 1. The van der Waals surface area contributed by atoms with Crippen LogP contribution >= 0.6 is 11.3 Å². The van der Waals surface area contributed by atoms with E-state index >= 15 is 4.39 Å². The SMILES string of the molecule is CC(C)c1nc(-c2cccc(NS(=O)(=O)c3c(F)cccc3F)c2F)c(-c2ccnc(Nc3ccc(N4CCOCC4)nc3)n2)s1. The van der Waals surface area contributed by atoms with Gasteiger partial charge < -0.3 is 15.0 Å². The number of nitrogens with one attached hydrogen (secondary N) is 2. The van der Waals surface area contributed by atoms with Gasteiger partial charge in [-0.05, 0) is 42.5 Å². The molecular weight excluding hydrogens is 640 g/mol. The van der Waals surface area contributed by atoms with Gasteiger partial charge in [0.15, 0.2) is 10.7 Å². The smallest absolute Gasteiger partial charge is 0.267 e. The first-order chi connectivity index (χ1) is 22.1. The van der Waals surface area contributed by atoms with Crippen molar-refractivity contribution in [3.63, 3.8) is 0 Å². The van der Waals surface area contributed by atoms with E-state index in [1.165, 1.54) is 23.5 Å². The number of nitrogens with zero attached hydrogens (tertiary/aromatic N) is 5. The van der Waals surface area contributed by atoms with Crippen LogP contribution in [-0.4, -0.2) is 54.7 Å². The van der Waals surface area contributed by atoms with Crippen LogP contribution in [0.4, 0.5) is 36.3 Å². The molecule has 4 heterocycles. The van der Waals surface area contributed by atoms with Crippen molar-refractivity contribution < 1.29 is 26.3 Å². The number of pyridine rings is 1. The maximum Gasteiger partial charge on any atom is 0.267 e. The topological polar surface area (TPSA) is 122 Å². The molecule has 0 bridgehead atoms. The van der Waals surface area contributed by atoms with Crippen molar-refractivity contribution in [2.45, 2.75) is 24.7 Å². The molecule has 10 nitrogen and oxygen atoms in total. The molecule has 3 aromatic heterocycles. The van der Waals surface area contributed by atoms with Crippen LogP contribution in [0.5, 0.6) is 0 Å². The summed E-state index contributed by atoms with van der Waals surface area (Å²) in [5.41, 5.74) is 0.824. The molecular formula is C31H28F3N7O3S2. The van der Waals surface area contributed by atoms with E-state index in [-0.39, 0.29) is 23.1 Å². The molecule has 238 valence electrons. The van der Waals surface area contributed by atoms with E-state index in [0.29, 0.717) is 34.5 Å². The lowest BCUT2D eigenvalue weighted by Gasteiger charge is -2.27. The Bertz CT molecular complexity index is 1960. The van der Waals surface area contributed by atoms with Gasteiger partial charge >= 0.3 is 0 Å². The molecule has 1 saturated heterocycles. The average molecular weight is 668 g/mol. The number of halogens is 3. The summed E-state index contributed by atoms with van der Waals surface area (Å²) in [6.45, 7) is 6.71. The fourth-order valence-electron chi connectivity index (χ4n) is 4.78. The van der Waals surface area contributed by atoms with Crippen LogP contribution in [0.1, 0.15) is 24.8 Å². The van der Waals surface area contributed by atoms with E-state index in [1.54, 1.807) is 18.5 Å². The molecule has 0 aliphatic carbocycles. The quantitative estimate of drug-likeness (QED) is 0.179. The Morgan fingerprint density at radius 2 is 1.67 bits per heavy atom. The number of hydrogen-bond acceptors (Lipinski definition) is 10. The minimum absolute atomic E-state index is 0.0123. The highest BCUT2D eigenvalue weighted by Crippen LogP contribution is 2.41. The molecule has 46 heavy (non-hydrogen) atoms. The summed E-state index contributed by atoms with van der Waals surface area (Å²) in [4.78, 5) is 19.7. The zero-order valence-electron chi connectivity index (χ0n) is 24.7. The van der Waals surface area contributed by atoms with Gasteiger partial charge in [0.1, 0.15) is 17.5 Å². The van der Waals surface area contributed by atoms with Gasteiger partial charge in [-0.3, -0.25) is 4.72 Å². The van der Waals surface area contributed by atoms with Gasteiger partial charge in [0, 0.05) is 30.8 Å². The van der Waals surface area contributed by atoms with Crippen LogP contribution in [0.15, 0.2) is 71.9 Å². The van der Waals surface area contributed by atoms with Gasteiger partial charge in [-0.1, -0.05) is 26.0 Å². The molecule has 0 radical (unpaired) electrons. The second-order valence-electron chi connectivity index (χ2n) is 10.6. The summed E-state index contributed by atoms with van der Waals surface area (Å²) < 4.78 is 77.8. The van der Waals surface area contributed by atoms with E-state index < -0.39 is 38.1 Å². The predicted octanol–water partition coefficient (Wildman–Crippen LogP) is 6.58. The number of ether oxygens (including phenoxy) is 1. The van der Waals surface area contributed by atoms with Crippen molar-refractivity contribution in [1.82, 2.24) is 19.9 Å². The van der Waals surface area contributed by atoms with Crippen LogP contribution in [0, 0.1) is 17.5 Å². The number of aromatic nitrogens is 4.